The van der Waals surface area contributed by atoms with Crippen LogP contribution in [0.1, 0.15) is 34.3 Å². The van der Waals surface area contributed by atoms with Crippen LogP contribution in [-0.2, 0) is 12.1 Å². The molecule has 2 aromatic rings. The summed E-state index contributed by atoms with van der Waals surface area (Å²) in [6, 6.07) is 15.2. The van der Waals surface area contributed by atoms with E-state index >= 15 is 0 Å². The lowest BCUT2D eigenvalue weighted by molar-refractivity contribution is 0.0697. The molecule has 2 N–H and O–H groups in total. The molecule has 0 aromatic heterocycles. The Morgan fingerprint density at radius 2 is 1.77 bits per heavy atom. The van der Waals surface area contributed by atoms with Crippen molar-refractivity contribution >= 4 is 5.97 Å². The number of hydrogen-bond acceptors (Lipinski definition) is 3. The van der Waals surface area contributed by atoms with Crippen LogP contribution < -0.4 is 10.1 Å². The maximum Gasteiger partial charge on any atom is 0.335 e. The van der Waals surface area contributed by atoms with Gasteiger partial charge in [0, 0.05) is 12.1 Å². The third kappa shape index (κ3) is 2.97. The van der Waals surface area contributed by atoms with Crippen LogP contribution in [0, 0.1) is 0 Å². The molecule has 1 fully saturated rings. The number of rotatable bonds is 6. The van der Waals surface area contributed by atoms with Gasteiger partial charge >= 0.3 is 5.97 Å². The van der Waals surface area contributed by atoms with Crippen LogP contribution in [0.5, 0.6) is 5.75 Å². The average Bonchev–Trinajstić information content (AvgIpc) is 3.34. The van der Waals surface area contributed by atoms with Crippen LogP contribution in [0.2, 0.25) is 0 Å². The lowest BCUT2D eigenvalue weighted by Gasteiger charge is -2.18. The fraction of sp³-hybridized carbons (Fsp3) is 0.278. The van der Waals surface area contributed by atoms with E-state index < -0.39 is 5.97 Å². The molecule has 0 bridgehead atoms. The second kappa shape index (κ2) is 5.81. The Bertz CT molecular complexity index is 658. The van der Waals surface area contributed by atoms with E-state index in [0.29, 0.717) is 5.56 Å². The first-order chi connectivity index (χ1) is 10.6. The summed E-state index contributed by atoms with van der Waals surface area (Å²) in [5.41, 5.74) is 2.73. The van der Waals surface area contributed by atoms with Crippen LogP contribution in [0.3, 0.4) is 0 Å². The van der Waals surface area contributed by atoms with Gasteiger partial charge in [-0.2, -0.15) is 0 Å². The lowest BCUT2D eigenvalue weighted by atomic mass is 10.0. The Balaban J connectivity index is 1.66. The molecule has 0 spiro atoms. The summed E-state index contributed by atoms with van der Waals surface area (Å²) < 4.78 is 5.19. The summed E-state index contributed by atoms with van der Waals surface area (Å²) in [7, 11) is 1.67. The van der Waals surface area contributed by atoms with Crippen molar-refractivity contribution in [1.82, 2.24) is 5.32 Å². The highest BCUT2D eigenvalue weighted by Crippen LogP contribution is 2.46. The summed E-state index contributed by atoms with van der Waals surface area (Å²) in [4.78, 5) is 10.9. The molecule has 1 saturated carbocycles. The molecule has 2 aromatic carbocycles. The SMILES string of the molecule is COc1ccc(C2(NCc3ccc(C(=O)O)cc3)CC2)cc1. The van der Waals surface area contributed by atoms with Gasteiger partial charge in [-0.3, -0.25) is 0 Å². The van der Waals surface area contributed by atoms with Crippen LogP contribution in [0.15, 0.2) is 48.5 Å². The Hall–Kier alpha value is -2.33. The van der Waals surface area contributed by atoms with E-state index in [2.05, 4.69) is 17.4 Å². The van der Waals surface area contributed by atoms with Gasteiger partial charge in [0.15, 0.2) is 0 Å². The summed E-state index contributed by atoms with van der Waals surface area (Å²) in [5.74, 6) is -0.0276. The minimum atomic E-state index is -0.892. The topological polar surface area (TPSA) is 58.6 Å². The van der Waals surface area contributed by atoms with Crippen LogP contribution >= 0.6 is 0 Å². The highest BCUT2D eigenvalue weighted by Gasteiger charge is 2.43. The van der Waals surface area contributed by atoms with E-state index in [9.17, 15) is 4.79 Å². The van der Waals surface area contributed by atoms with Gasteiger partial charge in [0.05, 0.1) is 12.7 Å². The van der Waals surface area contributed by atoms with Crippen molar-refractivity contribution in [1.29, 1.82) is 0 Å². The predicted octanol–water partition coefficient (Wildman–Crippen LogP) is 3.17. The normalized spacial score (nSPS) is 15.3. The minimum Gasteiger partial charge on any atom is -0.497 e. The van der Waals surface area contributed by atoms with Crippen LogP contribution in [0.25, 0.3) is 0 Å². The third-order valence-corrected chi connectivity index (χ3v) is 4.22. The zero-order valence-corrected chi connectivity index (χ0v) is 12.5. The van der Waals surface area contributed by atoms with E-state index in [1.165, 1.54) is 5.56 Å². The Morgan fingerprint density at radius 1 is 1.14 bits per heavy atom. The van der Waals surface area contributed by atoms with Gasteiger partial charge in [0.25, 0.3) is 0 Å². The predicted molar refractivity (Wildman–Crippen MR) is 84.1 cm³/mol. The standard InChI is InChI=1S/C18H19NO3/c1-22-16-8-6-15(7-9-16)18(10-11-18)19-12-13-2-4-14(5-3-13)17(20)21/h2-9,19H,10-12H2,1H3,(H,20,21). The number of carbonyl (C=O) groups is 1. The molecule has 4 heteroatoms. The molecule has 1 aliphatic rings. The molecule has 0 amide bonds. The van der Waals surface area contributed by atoms with E-state index in [1.807, 2.05) is 24.3 Å². The molecule has 1 aliphatic carbocycles. The molecule has 4 nitrogen and oxygen atoms in total. The quantitative estimate of drug-likeness (QED) is 0.860. The number of carboxylic acid groups (broad SMARTS) is 1. The molecule has 0 radical (unpaired) electrons. The maximum atomic E-state index is 10.9. The molecule has 114 valence electrons. The van der Waals surface area contributed by atoms with Crippen molar-refractivity contribution in [3.8, 4) is 5.75 Å². The van der Waals surface area contributed by atoms with Crippen LogP contribution in [0.4, 0.5) is 0 Å². The smallest absolute Gasteiger partial charge is 0.335 e. The molecule has 22 heavy (non-hydrogen) atoms. The maximum absolute atomic E-state index is 10.9. The first-order valence-electron chi connectivity index (χ1n) is 7.35. The van der Waals surface area contributed by atoms with Gasteiger partial charge in [-0.05, 0) is 48.2 Å². The fourth-order valence-corrected chi connectivity index (χ4v) is 2.64. The third-order valence-electron chi connectivity index (χ3n) is 4.22. The number of ether oxygens (including phenoxy) is 1. The monoisotopic (exact) mass is 297 g/mol. The van der Waals surface area contributed by atoms with E-state index in [1.54, 1.807) is 19.2 Å². The zero-order chi connectivity index (χ0) is 15.6. The summed E-state index contributed by atoms with van der Waals surface area (Å²) in [6.07, 6.45) is 2.24. The fourth-order valence-electron chi connectivity index (χ4n) is 2.64. The Morgan fingerprint density at radius 3 is 2.27 bits per heavy atom. The van der Waals surface area contributed by atoms with Crippen molar-refractivity contribution in [3.05, 3.63) is 65.2 Å². The highest BCUT2D eigenvalue weighted by atomic mass is 16.5. The van der Waals surface area contributed by atoms with Gasteiger partial charge < -0.3 is 15.2 Å². The molecular weight excluding hydrogens is 278 g/mol. The van der Waals surface area contributed by atoms with Gasteiger partial charge in [0.2, 0.25) is 0 Å². The number of aromatic carboxylic acids is 1. The zero-order valence-electron chi connectivity index (χ0n) is 12.5. The number of benzene rings is 2. The van der Waals surface area contributed by atoms with Gasteiger partial charge in [-0.15, -0.1) is 0 Å². The summed E-state index contributed by atoms with van der Waals surface area (Å²) >= 11 is 0. The van der Waals surface area contributed by atoms with E-state index in [0.717, 1.165) is 30.7 Å². The number of methoxy groups -OCH3 is 1. The number of carboxylic acids is 1. The molecular formula is C18H19NO3. The van der Waals surface area contributed by atoms with E-state index in [-0.39, 0.29) is 5.54 Å². The van der Waals surface area contributed by atoms with Crippen molar-refractivity contribution in [2.45, 2.75) is 24.9 Å². The molecule has 0 aliphatic heterocycles. The highest BCUT2D eigenvalue weighted by molar-refractivity contribution is 5.87. The molecule has 0 atom stereocenters. The van der Waals surface area contributed by atoms with E-state index in [4.69, 9.17) is 9.84 Å². The van der Waals surface area contributed by atoms with Crippen molar-refractivity contribution < 1.29 is 14.6 Å². The van der Waals surface area contributed by atoms with Crippen molar-refractivity contribution in [3.63, 3.8) is 0 Å². The van der Waals surface area contributed by atoms with Crippen LogP contribution in [-0.4, -0.2) is 18.2 Å². The lowest BCUT2D eigenvalue weighted by Crippen LogP contribution is -2.28. The van der Waals surface area contributed by atoms with Gasteiger partial charge in [0.1, 0.15) is 5.75 Å². The Kier molecular flexibility index (Phi) is 3.86. The largest absolute Gasteiger partial charge is 0.497 e. The van der Waals surface area contributed by atoms with Gasteiger partial charge in [-0.25, -0.2) is 4.79 Å². The number of hydrogen-bond donors (Lipinski definition) is 2. The average molecular weight is 297 g/mol. The molecule has 0 unspecified atom stereocenters. The first-order valence-corrected chi connectivity index (χ1v) is 7.35. The second-order valence-corrected chi connectivity index (χ2v) is 5.67. The summed E-state index contributed by atoms with van der Waals surface area (Å²) in [5, 5.41) is 12.5. The molecule has 3 rings (SSSR count). The Labute approximate surface area is 129 Å². The van der Waals surface area contributed by atoms with Gasteiger partial charge in [-0.1, -0.05) is 24.3 Å². The minimum absolute atomic E-state index is 0.0533. The summed E-state index contributed by atoms with van der Waals surface area (Å²) in [6.45, 7) is 0.728. The van der Waals surface area contributed by atoms with Crippen molar-refractivity contribution in [2.75, 3.05) is 7.11 Å². The first kappa shape index (κ1) is 14.6. The second-order valence-electron chi connectivity index (χ2n) is 5.67. The van der Waals surface area contributed by atoms with Crippen molar-refractivity contribution in [2.24, 2.45) is 0 Å². The molecule has 0 saturated heterocycles. The number of nitrogens with one attached hydrogen (secondary N) is 1. The molecule has 0 heterocycles.